The fraction of sp³-hybridized carbons (Fsp3) is 0.818. The molecule has 7 nitrogen and oxygen atoms in total. The Balaban J connectivity index is 1.41. The van der Waals surface area contributed by atoms with Gasteiger partial charge in [-0.2, -0.15) is 8.42 Å². The van der Waals surface area contributed by atoms with Crippen molar-refractivity contribution < 1.29 is 32.0 Å². The van der Waals surface area contributed by atoms with E-state index in [0.29, 0.717) is 18.8 Å². The number of hydrogen-bond acceptors (Lipinski definition) is 6. The molecule has 0 saturated heterocycles. The van der Waals surface area contributed by atoms with Crippen molar-refractivity contribution in [2.45, 2.75) is 83.8 Å². The third kappa shape index (κ3) is 4.17. The molecule has 0 aromatic rings. The summed E-state index contributed by atoms with van der Waals surface area (Å²) in [5.41, 5.74) is 0.789. The van der Waals surface area contributed by atoms with Crippen molar-refractivity contribution in [1.29, 1.82) is 0 Å². The maximum atomic E-state index is 12.8. The molecule has 0 aromatic carbocycles. The number of carbonyl (C=O) groups is 2. The Kier molecular flexibility index (Phi) is 5.33. The van der Waals surface area contributed by atoms with Crippen LogP contribution in [0.15, 0.2) is 11.1 Å². The molecule has 4 saturated carbocycles. The average molecular weight is 441 g/mol. The average Bonchev–Trinajstić information content (AvgIpc) is 2.83. The number of hydrogen-bond donors (Lipinski definition) is 1. The number of carbonyl (C=O) groups excluding carboxylic acids is 2. The number of rotatable bonds is 6. The molecular formula is C22H32O7S. The number of esters is 2. The highest BCUT2D eigenvalue weighted by molar-refractivity contribution is 7.85. The topological polar surface area (TPSA) is 107 Å². The van der Waals surface area contributed by atoms with E-state index in [4.69, 9.17) is 9.47 Å². The number of ether oxygens (including phenoxy) is 2. The first kappa shape index (κ1) is 21.8. The van der Waals surface area contributed by atoms with Gasteiger partial charge >= 0.3 is 11.9 Å². The summed E-state index contributed by atoms with van der Waals surface area (Å²) in [6.45, 7) is 5.14. The van der Waals surface area contributed by atoms with E-state index in [0.717, 1.165) is 43.3 Å². The van der Waals surface area contributed by atoms with Crippen LogP contribution >= 0.6 is 0 Å². The van der Waals surface area contributed by atoms with Crippen molar-refractivity contribution >= 4 is 22.1 Å². The van der Waals surface area contributed by atoms with Crippen LogP contribution in [0.1, 0.15) is 72.1 Å². The molecule has 0 aliphatic heterocycles. The second-order valence-electron chi connectivity index (χ2n) is 10.4. The lowest BCUT2D eigenvalue weighted by Gasteiger charge is -2.58. The Hall–Kier alpha value is -1.41. The van der Waals surface area contributed by atoms with Crippen LogP contribution in [-0.2, 0) is 29.2 Å². The van der Waals surface area contributed by atoms with Gasteiger partial charge in [0.15, 0.2) is 0 Å². The fourth-order valence-electron chi connectivity index (χ4n) is 6.93. The van der Waals surface area contributed by atoms with Crippen LogP contribution in [0.5, 0.6) is 0 Å². The molecule has 0 heterocycles. The normalized spacial score (nSPS) is 40.0. The molecule has 5 aliphatic rings. The Labute approximate surface area is 178 Å². The van der Waals surface area contributed by atoms with Crippen molar-refractivity contribution in [2.75, 3.05) is 5.75 Å². The zero-order chi connectivity index (χ0) is 21.9. The van der Waals surface area contributed by atoms with E-state index < -0.39 is 15.5 Å². The van der Waals surface area contributed by atoms with E-state index in [-0.39, 0.29) is 47.7 Å². The standard InChI is InChI=1S/C22H32O7S/c1-13-16(4-5-21(13,3)12-30(25,26)27)8-19(24)28-20-17-6-15-7-18(20)11-22(9-15,10-17)29-14(2)23/h15,17-18,20H,4-12H2,1-3H3,(H,25,26,27). The second kappa shape index (κ2) is 7.33. The van der Waals surface area contributed by atoms with Gasteiger partial charge in [0, 0.05) is 24.2 Å². The first-order valence-corrected chi connectivity index (χ1v) is 12.5. The van der Waals surface area contributed by atoms with E-state index in [1.807, 2.05) is 13.8 Å². The highest BCUT2D eigenvalue weighted by atomic mass is 32.2. The van der Waals surface area contributed by atoms with E-state index in [9.17, 15) is 22.6 Å². The van der Waals surface area contributed by atoms with Gasteiger partial charge in [0.1, 0.15) is 11.7 Å². The molecule has 5 aliphatic carbocycles. The first-order valence-electron chi connectivity index (χ1n) is 10.9. The molecule has 8 heteroatoms. The van der Waals surface area contributed by atoms with E-state index >= 15 is 0 Å². The molecule has 168 valence electrons. The lowest BCUT2D eigenvalue weighted by molar-refractivity contribution is -0.214. The van der Waals surface area contributed by atoms with Crippen LogP contribution in [0.4, 0.5) is 0 Å². The molecule has 3 unspecified atom stereocenters. The minimum atomic E-state index is -4.09. The maximum absolute atomic E-state index is 12.8. The van der Waals surface area contributed by atoms with Crippen molar-refractivity contribution in [2.24, 2.45) is 23.2 Å². The molecule has 0 aromatic heterocycles. The third-order valence-electron chi connectivity index (χ3n) is 8.03. The van der Waals surface area contributed by atoms with Gasteiger partial charge in [0.25, 0.3) is 10.1 Å². The molecule has 0 spiro atoms. The lowest BCUT2D eigenvalue weighted by atomic mass is 9.53. The Bertz CT molecular complexity index is 873. The summed E-state index contributed by atoms with van der Waals surface area (Å²) in [5.74, 6) is 0.196. The minimum absolute atomic E-state index is 0.121. The zero-order valence-electron chi connectivity index (χ0n) is 18.0. The highest BCUT2D eigenvalue weighted by Crippen LogP contribution is 2.58. The minimum Gasteiger partial charge on any atom is -0.462 e. The molecule has 5 rings (SSSR count). The van der Waals surface area contributed by atoms with Gasteiger partial charge < -0.3 is 9.47 Å². The zero-order valence-corrected chi connectivity index (χ0v) is 18.8. The highest BCUT2D eigenvalue weighted by Gasteiger charge is 2.58. The van der Waals surface area contributed by atoms with Gasteiger partial charge in [-0.3, -0.25) is 14.1 Å². The maximum Gasteiger partial charge on any atom is 0.310 e. The first-order chi connectivity index (χ1) is 13.9. The Morgan fingerprint density at radius 1 is 1.17 bits per heavy atom. The lowest BCUT2D eigenvalue weighted by Crippen LogP contribution is -2.59. The molecule has 4 bridgehead atoms. The van der Waals surface area contributed by atoms with Crippen LogP contribution in [0.25, 0.3) is 0 Å². The molecule has 4 fully saturated rings. The monoisotopic (exact) mass is 440 g/mol. The molecule has 30 heavy (non-hydrogen) atoms. The van der Waals surface area contributed by atoms with Crippen LogP contribution in [0.3, 0.4) is 0 Å². The van der Waals surface area contributed by atoms with E-state index in [1.165, 1.54) is 6.92 Å². The Morgan fingerprint density at radius 3 is 2.37 bits per heavy atom. The van der Waals surface area contributed by atoms with Gasteiger partial charge in [-0.05, 0) is 57.8 Å². The summed E-state index contributed by atoms with van der Waals surface area (Å²) in [4.78, 5) is 24.4. The molecular weight excluding hydrogens is 408 g/mol. The third-order valence-corrected chi connectivity index (χ3v) is 9.03. The predicted molar refractivity (Wildman–Crippen MR) is 109 cm³/mol. The fourth-order valence-corrected chi connectivity index (χ4v) is 8.09. The summed E-state index contributed by atoms with van der Waals surface area (Å²) in [6.07, 6.45) is 5.79. The van der Waals surface area contributed by atoms with Crippen molar-refractivity contribution in [3.8, 4) is 0 Å². The molecule has 3 atom stereocenters. The van der Waals surface area contributed by atoms with E-state index in [2.05, 4.69) is 0 Å². The Morgan fingerprint density at radius 2 is 1.80 bits per heavy atom. The van der Waals surface area contributed by atoms with Gasteiger partial charge in [-0.15, -0.1) is 0 Å². The van der Waals surface area contributed by atoms with Crippen LogP contribution in [-0.4, -0.2) is 42.4 Å². The van der Waals surface area contributed by atoms with E-state index in [1.54, 1.807) is 0 Å². The van der Waals surface area contributed by atoms with Gasteiger partial charge in [0.2, 0.25) is 0 Å². The quantitative estimate of drug-likeness (QED) is 0.383. The van der Waals surface area contributed by atoms with Gasteiger partial charge in [-0.25, -0.2) is 0 Å². The number of allylic oxidation sites excluding steroid dienone is 1. The summed E-state index contributed by atoms with van der Waals surface area (Å²) >= 11 is 0. The molecule has 0 amide bonds. The molecule has 0 radical (unpaired) electrons. The summed E-state index contributed by atoms with van der Waals surface area (Å²) in [5, 5.41) is 0. The van der Waals surface area contributed by atoms with Crippen LogP contribution in [0.2, 0.25) is 0 Å². The summed E-state index contributed by atoms with van der Waals surface area (Å²) < 4.78 is 43.7. The molecule has 1 N–H and O–H groups in total. The smallest absolute Gasteiger partial charge is 0.310 e. The van der Waals surface area contributed by atoms with Gasteiger partial charge in [-0.1, -0.05) is 18.1 Å². The van der Waals surface area contributed by atoms with Crippen molar-refractivity contribution in [3.63, 3.8) is 0 Å². The predicted octanol–water partition coefficient (Wildman–Crippen LogP) is 3.43. The van der Waals surface area contributed by atoms with Gasteiger partial charge in [0.05, 0.1) is 12.2 Å². The summed E-state index contributed by atoms with van der Waals surface area (Å²) in [7, 11) is -4.09. The second-order valence-corrected chi connectivity index (χ2v) is 11.8. The van der Waals surface area contributed by atoms with Crippen molar-refractivity contribution in [3.05, 3.63) is 11.1 Å². The SMILES string of the molecule is CC(=O)OC12CC3CC(C1)C(OC(=O)CC1=C(C)C(C)(CS(=O)(=O)O)CC1)C(C3)C2. The summed E-state index contributed by atoms with van der Waals surface area (Å²) in [6, 6.07) is 0. The van der Waals surface area contributed by atoms with Crippen LogP contribution in [0, 0.1) is 23.2 Å². The largest absolute Gasteiger partial charge is 0.462 e. The van der Waals surface area contributed by atoms with Crippen molar-refractivity contribution in [1.82, 2.24) is 0 Å². The van der Waals surface area contributed by atoms with Crippen LogP contribution < -0.4 is 0 Å².